The van der Waals surface area contributed by atoms with Crippen LogP contribution in [0.4, 0.5) is 5.95 Å². The SMILES string of the molecule is CCc1cnc(N2CCC(n3ccc4c5c(ncc43)S(=O)(=O)C5)CC2)nc1. The van der Waals surface area contributed by atoms with Gasteiger partial charge in [-0.25, -0.2) is 23.4 Å². The first kappa shape index (κ1) is 16.7. The smallest absolute Gasteiger partial charge is 0.225 e. The van der Waals surface area contributed by atoms with E-state index in [9.17, 15) is 8.42 Å². The van der Waals surface area contributed by atoms with E-state index in [0.29, 0.717) is 6.04 Å². The molecule has 0 unspecified atom stereocenters. The Kier molecular flexibility index (Phi) is 3.72. The predicted octanol–water partition coefficient (Wildman–Crippen LogP) is 2.52. The molecule has 5 rings (SSSR count). The van der Waals surface area contributed by atoms with Crippen LogP contribution in [0.25, 0.3) is 10.9 Å². The number of sulfone groups is 1. The maximum absolute atomic E-state index is 11.8. The van der Waals surface area contributed by atoms with E-state index in [-0.39, 0.29) is 10.8 Å². The van der Waals surface area contributed by atoms with Gasteiger partial charge in [-0.1, -0.05) is 6.92 Å². The zero-order chi connectivity index (χ0) is 18.6. The third kappa shape index (κ3) is 2.62. The van der Waals surface area contributed by atoms with Gasteiger partial charge in [-0.05, 0) is 30.9 Å². The second-order valence-corrected chi connectivity index (χ2v) is 9.19. The molecule has 0 saturated carbocycles. The second kappa shape index (κ2) is 6.02. The summed E-state index contributed by atoms with van der Waals surface area (Å²) < 4.78 is 25.8. The minimum Gasteiger partial charge on any atom is -0.343 e. The molecule has 0 atom stereocenters. The molecule has 1 saturated heterocycles. The first-order chi connectivity index (χ1) is 13.1. The Labute approximate surface area is 158 Å². The third-order valence-electron chi connectivity index (χ3n) is 5.71. The molecule has 8 heteroatoms. The molecule has 0 aromatic carbocycles. The molecular weight excluding hydrogens is 362 g/mol. The van der Waals surface area contributed by atoms with Crippen LogP contribution >= 0.6 is 0 Å². The van der Waals surface area contributed by atoms with E-state index >= 15 is 0 Å². The highest BCUT2D eigenvalue weighted by Gasteiger charge is 2.35. The molecule has 0 amide bonds. The highest BCUT2D eigenvalue weighted by molar-refractivity contribution is 7.92. The van der Waals surface area contributed by atoms with E-state index in [0.717, 1.165) is 60.3 Å². The fourth-order valence-corrected chi connectivity index (χ4v) is 5.44. The van der Waals surface area contributed by atoms with Crippen LogP contribution in [0.5, 0.6) is 0 Å². The molecule has 3 aromatic heterocycles. The van der Waals surface area contributed by atoms with Gasteiger partial charge in [0.05, 0.1) is 17.5 Å². The Balaban J connectivity index is 1.36. The number of anilines is 1. The van der Waals surface area contributed by atoms with Gasteiger partial charge < -0.3 is 9.47 Å². The summed E-state index contributed by atoms with van der Waals surface area (Å²) in [4.78, 5) is 15.4. The maximum atomic E-state index is 11.8. The monoisotopic (exact) mass is 383 g/mol. The number of piperidine rings is 1. The molecule has 7 nitrogen and oxygen atoms in total. The summed E-state index contributed by atoms with van der Waals surface area (Å²) in [6.45, 7) is 3.91. The Morgan fingerprint density at radius 2 is 1.85 bits per heavy atom. The molecule has 140 valence electrons. The van der Waals surface area contributed by atoms with Crippen molar-refractivity contribution >= 4 is 26.7 Å². The molecule has 0 bridgehead atoms. The topological polar surface area (TPSA) is 81.0 Å². The van der Waals surface area contributed by atoms with Crippen molar-refractivity contribution in [2.45, 2.75) is 43.0 Å². The summed E-state index contributed by atoms with van der Waals surface area (Å²) in [5.74, 6) is 0.913. The van der Waals surface area contributed by atoms with Gasteiger partial charge in [0.1, 0.15) is 0 Å². The lowest BCUT2D eigenvalue weighted by Crippen LogP contribution is -2.35. The van der Waals surface area contributed by atoms with Crippen LogP contribution in [0, 0.1) is 0 Å². The average molecular weight is 383 g/mol. The minimum absolute atomic E-state index is 0.111. The van der Waals surface area contributed by atoms with Crippen LogP contribution < -0.4 is 4.90 Å². The molecule has 0 radical (unpaired) electrons. The number of rotatable bonds is 3. The lowest BCUT2D eigenvalue weighted by Gasteiger charge is -2.33. The first-order valence-electron chi connectivity index (χ1n) is 9.34. The molecule has 0 spiro atoms. The van der Waals surface area contributed by atoms with Crippen molar-refractivity contribution in [3.63, 3.8) is 0 Å². The molecule has 1 fully saturated rings. The molecule has 0 N–H and O–H groups in total. The van der Waals surface area contributed by atoms with Crippen LogP contribution in [-0.4, -0.2) is 41.0 Å². The molecule has 0 aliphatic carbocycles. The average Bonchev–Trinajstić information content (AvgIpc) is 3.11. The highest BCUT2D eigenvalue weighted by atomic mass is 32.2. The predicted molar refractivity (Wildman–Crippen MR) is 103 cm³/mol. The van der Waals surface area contributed by atoms with Crippen LogP contribution in [0.2, 0.25) is 0 Å². The van der Waals surface area contributed by atoms with Gasteiger partial charge in [-0.15, -0.1) is 0 Å². The van der Waals surface area contributed by atoms with Crippen molar-refractivity contribution < 1.29 is 8.42 Å². The normalized spacial score (nSPS) is 19.1. The lowest BCUT2D eigenvalue weighted by molar-refractivity contribution is 0.402. The van der Waals surface area contributed by atoms with E-state index < -0.39 is 9.84 Å². The summed E-state index contributed by atoms with van der Waals surface area (Å²) in [7, 11) is -3.13. The van der Waals surface area contributed by atoms with Gasteiger partial charge in [0, 0.05) is 48.7 Å². The van der Waals surface area contributed by atoms with Crippen molar-refractivity contribution in [1.82, 2.24) is 19.5 Å². The number of pyridine rings is 1. The Hall–Kier alpha value is -2.48. The standard InChI is InChI=1S/C19H21N5O2S/c1-2-13-9-21-19(22-10-13)23-6-3-14(4-7-23)24-8-5-15-16-12-27(25,26)18(16)20-11-17(15)24/h5,8-11,14H,2-4,6-7,12H2,1H3. The number of aryl methyl sites for hydroxylation is 1. The van der Waals surface area contributed by atoms with Gasteiger partial charge in [0.15, 0.2) is 14.9 Å². The van der Waals surface area contributed by atoms with Crippen molar-refractivity contribution in [3.05, 3.63) is 42.0 Å². The summed E-state index contributed by atoms with van der Waals surface area (Å²) in [6, 6.07) is 2.41. The number of fused-ring (bicyclic) bond motifs is 3. The van der Waals surface area contributed by atoms with E-state index in [4.69, 9.17) is 0 Å². The van der Waals surface area contributed by atoms with Gasteiger partial charge in [-0.2, -0.15) is 0 Å². The molecule has 27 heavy (non-hydrogen) atoms. The van der Waals surface area contributed by atoms with Gasteiger partial charge in [-0.3, -0.25) is 0 Å². The number of hydrogen-bond donors (Lipinski definition) is 0. The largest absolute Gasteiger partial charge is 0.343 e. The van der Waals surface area contributed by atoms with Gasteiger partial charge in [0.25, 0.3) is 0 Å². The summed E-state index contributed by atoms with van der Waals surface area (Å²) in [6.07, 6.45) is 10.5. The Morgan fingerprint density at radius 3 is 2.52 bits per heavy atom. The molecule has 3 aromatic rings. The Morgan fingerprint density at radius 1 is 1.11 bits per heavy atom. The summed E-state index contributed by atoms with van der Waals surface area (Å²) in [5, 5.41) is 1.28. The molecule has 5 heterocycles. The van der Waals surface area contributed by atoms with E-state index in [1.807, 2.05) is 18.5 Å². The third-order valence-corrected chi connectivity index (χ3v) is 7.32. The van der Waals surface area contributed by atoms with Crippen LogP contribution in [0.15, 0.2) is 35.9 Å². The van der Waals surface area contributed by atoms with Gasteiger partial charge in [0.2, 0.25) is 5.95 Å². The summed E-state index contributed by atoms with van der Waals surface area (Å²) >= 11 is 0. The quantitative estimate of drug-likeness (QED) is 0.691. The van der Waals surface area contributed by atoms with E-state index in [1.54, 1.807) is 6.20 Å². The number of aromatic nitrogens is 4. The highest BCUT2D eigenvalue weighted by Crippen LogP contribution is 2.37. The molecule has 2 aliphatic heterocycles. The fourth-order valence-electron chi connectivity index (χ4n) is 4.11. The van der Waals surface area contributed by atoms with Crippen LogP contribution in [-0.2, 0) is 22.0 Å². The van der Waals surface area contributed by atoms with Crippen molar-refractivity contribution in [2.24, 2.45) is 0 Å². The van der Waals surface area contributed by atoms with Crippen LogP contribution in [0.1, 0.15) is 36.9 Å². The minimum atomic E-state index is -3.13. The zero-order valence-corrected chi connectivity index (χ0v) is 16.0. The fraction of sp³-hybridized carbons (Fsp3) is 0.421. The molecule has 2 aliphatic rings. The maximum Gasteiger partial charge on any atom is 0.225 e. The second-order valence-electron chi connectivity index (χ2n) is 7.29. The number of nitrogens with zero attached hydrogens (tertiary/aromatic N) is 5. The van der Waals surface area contributed by atoms with Crippen LogP contribution in [0.3, 0.4) is 0 Å². The van der Waals surface area contributed by atoms with Crippen molar-refractivity contribution in [1.29, 1.82) is 0 Å². The lowest BCUT2D eigenvalue weighted by atomic mass is 10.0. The molecular formula is C19H21N5O2S. The zero-order valence-electron chi connectivity index (χ0n) is 15.2. The number of hydrogen-bond acceptors (Lipinski definition) is 6. The van der Waals surface area contributed by atoms with E-state index in [1.165, 1.54) is 0 Å². The van der Waals surface area contributed by atoms with Crippen molar-refractivity contribution in [2.75, 3.05) is 18.0 Å². The summed E-state index contributed by atoms with van der Waals surface area (Å²) in [5.41, 5.74) is 3.05. The Bertz CT molecular complexity index is 1110. The van der Waals surface area contributed by atoms with Crippen molar-refractivity contribution in [3.8, 4) is 0 Å². The van der Waals surface area contributed by atoms with Gasteiger partial charge >= 0.3 is 0 Å². The van der Waals surface area contributed by atoms with E-state index in [2.05, 4.69) is 37.5 Å². The first-order valence-corrected chi connectivity index (χ1v) is 11.0.